The highest BCUT2D eigenvalue weighted by atomic mass is 79.9. The average molecular weight is 315 g/mol. The third-order valence-corrected chi connectivity index (χ3v) is 4.03. The standard InChI is InChI=1S/C16H24BrF/c1-2-3-4-5-6-8-14-10-11-16(17)15(13-14)9-7-12-18/h10-11,13H,2-9,12H2,1H3. The first-order chi connectivity index (χ1) is 8.77. The maximum atomic E-state index is 12.2. The lowest BCUT2D eigenvalue weighted by atomic mass is 10.0. The number of rotatable bonds is 9. The van der Waals surface area contributed by atoms with Gasteiger partial charge in [-0.3, -0.25) is 4.39 Å². The van der Waals surface area contributed by atoms with Gasteiger partial charge in [0, 0.05) is 4.47 Å². The summed E-state index contributed by atoms with van der Waals surface area (Å²) in [5.41, 5.74) is 2.64. The zero-order chi connectivity index (χ0) is 13.2. The smallest absolute Gasteiger partial charge is 0.0897 e. The molecule has 0 N–H and O–H groups in total. The first kappa shape index (κ1) is 15.7. The van der Waals surface area contributed by atoms with Crippen LogP contribution in [0.15, 0.2) is 22.7 Å². The molecule has 0 spiro atoms. The molecule has 0 nitrogen and oxygen atoms in total. The molecule has 0 aromatic heterocycles. The van der Waals surface area contributed by atoms with E-state index in [-0.39, 0.29) is 6.67 Å². The third kappa shape index (κ3) is 5.99. The van der Waals surface area contributed by atoms with Gasteiger partial charge < -0.3 is 0 Å². The van der Waals surface area contributed by atoms with Gasteiger partial charge >= 0.3 is 0 Å². The Kier molecular flexibility index (Phi) is 8.32. The van der Waals surface area contributed by atoms with Gasteiger partial charge in [-0.1, -0.05) is 60.7 Å². The van der Waals surface area contributed by atoms with E-state index >= 15 is 0 Å². The summed E-state index contributed by atoms with van der Waals surface area (Å²) in [5, 5.41) is 0. The van der Waals surface area contributed by atoms with Gasteiger partial charge in [-0.2, -0.15) is 0 Å². The van der Waals surface area contributed by atoms with E-state index in [0.29, 0.717) is 6.42 Å². The van der Waals surface area contributed by atoms with E-state index in [9.17, 15) is 4.39 Å². The summed E-state index contributed by atoms with van der Waals surface area (Å²) in [7, 11) is 0. The molecule has 1 aromatic rings. The van der Waals surface area contributed by atoms with Crippen molar-refractivity contribution in [3.05, 3.63) is 33.8 Å². The maximum absolute atomic E-state index is 12.2. The molecule has 0 atom stereocenters. The maximum Gasteiger partial charge on any atom is 0.0897 e. The van der Waals surface area contributed by atoms with Crippen molar-refractivity contribution in [2.75, 3.05) is 6.67 Å². The Morgan fingerprint density at radius 3 is 2.50 bits per heavy atom. The first-order valence-corrected chi connectivity index (χ1v) is 7.90. The number of hydrogen-bond acceptors (Lipinski definition) is 0. The van der Waals surface area contributed by atoms with Crippen LogP contribution in [0.1, 0.15) is 56.6 Å². The molecular formula is C16H24BrF. The molecule has 0 unspecified atom stereocenters. The molecule has 1 rings (SSSR count). The lowest BCUT2D eigenvalue weighted by Gasteiger charge is -2.07. The SMILES string of the molecule is CCCCCCCc1ccc(Br)c(CCCF)c1. The lowest BCUT2D eigenvalue weighted by Crippen LogP contribution is -1.93. The second kappa shape index (κ2) is 9.55. The van der Waals surface area contributed by atoms with Gasteiger partial charge in [0.15, 0.2) is 0 Å². The van der Waals surface area contributed by atoms with Gasteiger partial charge in [-0.15, -0.1) is 0 Å². The largest absolute Gasteiger partial charge is 0.251 e. The quantitative estimate of drug-likeness (QED) is 0.500. The molecule has 0 aliphatic rings. The zero-order valence-corrected chi connectivity index (χ0v) is 12.9. The van der Waals surface area contributed by atoms with Crippen molar-refractivity contribution in [2.24, 2.45) is 0 Å². The van der Waals surface area contributed by atoms with Crippen molar-refractivity contribution in [1.29, 1.82) is 0 Å². The molecule has 0 saturated heterocycles. The number of aryl methyl sites for hydroxylation is 2. The molecule has 0 aliphatic carbocycles. The van der Waals surface area contributed by atoms with Crippen molar-refractivity contribution in [1.82, 2.24) is 0 Å². The van der Waals surface area contributed by atoms with Gasteiger partial charge in [0.05, 0.1) is 6.67 Å². The molecule has 0 aliphatic heterocycles. The predicted octanol–water partition coefficient (Wildman–Crippen LogP) is 5.86. The number of alkyl halides is 1. The fourth-order valence-corrected chi connectivity index (χ4v) is 2.61. The Morgan fingerprint density at radius 1 is 1.00 bits per heavy atom. The molecule has 1 aromatic carbocycles. The fraction of sp³-hybridized carbons (Fsp3) is 0.625. The second-order valence-corrected chi connectivity index (χ2v) is 5.74. The fourth-order valence-electron chi connectivity index (χ4n) is 2.17. The average Bonchev–Trinajstić information content (AvgIpc) is 2.39. The molecule has 0 heterocycles. The monoisotopic (exact) mass is 314 g/mol. The number of halogens is 2. The minimum atomic E-state index is -0.228. The van der Waals surface area contributed by atoms with Crippen LogP contribution < -0.4 is 0 Å². The Morgan fingerprint density at radius 2 is 1.78 bits per heavy atom. The van der Waals surface area contributed by atoms with Crippen LogP contribution in [-0.4, -0.2) is 6.67 Å². The third-order valence-electron chi connectivity index (χ3n) is 3.26. The summed E-state index contributed by atoms with van der Waals surface area (Å²) in [4.78, 5) is 0. The van der Waals surface area contributed by atoms with Gasteiger partial charge in [-0.05, 0) is 42.9 Å². The molecule has 18 heavy (non-hydrogen) atoms. The van der Waals surface area contributed by atoms with Crippen LogP contribution in [0, 0.1) is 0 Å². The Labute approximate surface area is 119 Å². The Bertz CT molecular complexity index is 336. The summed E-state index contributed by atoms with van der Waals surface area (Å²) in [5.74, 6) is 0. The van der Waals surface area contributed by atoms with Gasteiger partial charge in [0.2, 0.25) is 0 Å². The van der Waals surface area contributed by atoms with Gasteiger partial charge in [0.1, 0.15) is 0 Å². The van der Waals surface area contributed by atoms with Crippen LogP contribution in [0.4, 0.5) is 4.39 Å². The molecule has 0 bridgehead atoms. The van der Waals surface area contributed by atoms with Crippen LogP contribution >= 0.6 is 15.9 Å². The number of unbranched alkanes of at least 4 members (excludes halogenated alkanes) is 4. The van der Waals surface area contributed by atoms with Crippen LogP contribution in [0.3, 0.4) is 0 Å². The summed E-state index contributed by atoms with van der Waals surface area (Å²) < 4.78 is 13.3. The number of benzene rings is 1. The Balaban J connectivity index is 2.40. The van der Waals surface area contributed by atoms with E-state index in [4.69, 9.17) is 0 Å². The highest BCUT2D eigenvalue weighted by molar-refractivity contribution is 9.10. The summed E-state index contributed by atoms with van der Waals surface area (Å²) >= 11 is 3.54. The van der Waals surface area contributed by atoms with Crippen LogP contribution in [-0.2, 0) is 12.8 Å². The molecular weight excluding hydrogens is 291 g/mol. The van der Waals surface area contributed by atoms with E-state index in [0.717, 1.165) is 17.3 Å². The number of hydrogen-bond donors (Lipinski definition) is 0. The van der Waals surface area contributed by atoms with Crippen molar-refractivity contribution in [3.8, 4) is 0 Å². The zero-order valence-electron chi connectivity index (χ0n) is 11.4. The normalized spacial score (nSPS) is 10.8. The minimum Gasteiger partial charge on any atom is -0.251 e. The minimum absolute atomic E-state index is 0.228. The van der Waals surface area contributed by atoms with Crippen LogP contribution in [0.25, 0.3) is 0 Å². The topological polar surface area (TPSA) is 0 Å². The highest BCUT2D eigenvalue weighted by Crippen LogP contribution is 2.21. The molecule has 102 valence electrons. The summed E-state index contributed by atoms with van der Waals surface area (Å²) in [6, 6.07) is 6.53. The molecule has 0 amide bonds. The van der Waals surface area contributed by atoms with Crippen LogP contribution in [0.5, 0.6) is 0 Å². The van der Waals surface area contributed by atoms with Crippen molar-refractivity contribution in [2.45, 2.75) is 58.3 Å². The van der Waals surface area contributed by atoms with Crippen molar-refractivity contribution in [3.63, 3.8) is 0 Å². The molecule has 0 saturated carbocycles. The van der Waals surface area contributed by atoms with Crippen molar-refractivity contribution >= 4 is 15.9 Å². The van der Waals surface area contributed by atoms with Gasteiger partial charge in [-0.25, -0.2) is 0 Å². The van der Waals surface area contributed by atoms with E-state index < -0.39 is 0 Å². The summed E-state index contributed by atoms with van der Waals surface area (Å²) in [6.07, 6.45) is 9.20. The molecule has 2 heteroatoms. The van der Waals surface area contributed by atoms with E-state index in [1.165, 1.54) is 43.2 Å². The van der Waals surface area contributed by atoms with E-state index in [2.05, 4.69) is 41.1 Å². The highest BCUT2D eigenvalue weighted by Gasteiger charge is 2.02. The van der Waals surface area contributed by atoms with E-state index in [1.807, 2.05) is 0 Å². The molecule has 0 fully saturated rings. The first-order valence-electron chi connectivity index (χ1n) is 7.11. The Hall–Kier alpha value is -0.370. The van der Waals surface area contributed by atoms with E-state index in [1.54, 1.807) is 0 Å². The van der Waals surface area contributed by atoms with Gasteiger partial charge in [0.25, 0.3) is 0 Å². The van der Waals surface area contributed by atoms with Crippen LogP contribution in [0.2, 0.25) is 0 Å². The molecule has 0 radical (unpaired) electrons. The second-order valence-electron chi connectivity index (χ2n) is 4.88. The lowest BCUT2D eigenvalue weighted by molar-refractivity contribution is 0.472. The summed E-state index contributed by atoms with van der Waals surface area (Å²) in [6.45, 7) is 2.01. The van der Waals surface area contributed by atoms with Crippen molar-refractivity contribution < 1.29 is 4.39 Å². The predicted molar refractivity (Wildman–Crippen MR) is 80.9 cm³/mol.